The van der Waals surface area contributed by atoms with E-state index < -0.39 is 0 Å². The maximum absolute atomic E-state index is 6.20. The minimum Gasteiger partial charge on any atom is -0.378 e. The van der Waals surface area contributed by atoms with Crippen molar-refractivity contribution in [1.29, 1.82) is 0 Å². The van der Waals surface area contributed by atoms with Gasteiger partial charge in [-0.2, -0.15) is 5.10 Å². The van der Waals surface area contributed by atoms with Crippen LogP contribution in [0.4, 0.5) is 5.69 Å². The predicted octanol–water partition coefficient (Wildman–Crippen LogP) is 4.77. The molecule has 150 valence electrons. The van der Waals surface area contributed by atoms with Crippen LogP contribution in [0.3, 0.4) is 0 Å². The molecule has 3 aromatic rings. The van der Waals surface area contributed by atoms with E-state index in [1.54, 1.807) is 13.1 Å². The number of anilines is 1. The first-order valence-electron chi connectivity index (χ1n) is 9.21. The van der Waals surface area contributed by atoms with Crippen molar-refractivity contribution in [3.05, 3.63) is 68.3 Å². The molecular formula is C21H20Cl2N4OS. The molecule has 0 unspecified atom stereocenters. The molecule has 0 radical (unpaired) electrons. The van der Waals surface area contributed by atoms with Gasteiger partial charge in [-0.15, -0.1) is 11.3 Å². The highest BCUT2D eigenvalue weighted by Crippen LogP contribution is 2.28. The third kappa shape index (κ3) is 4.56. The van der Waals surface area contributed by atoms with Gasteiger partial charge in [0.05, 0.1) is 35.2 Å². The molecular weight excluding hydrogens is 427 g/mol. The highest BCUT2D eigenvalue weighted by atomic mass is 35.5. The summed E-state index contributed by atoms with van der Waals surface area (Å²) in [6, 6.07) is 13.9. The van der Waals surface area contributed by atoms with Gasteiger partial charge in [0.25, 0.3) is 0 Å². The van der Waals surface area contributed by atoms with Crippen molar-refractivity contribution >= 4 is 46.4 Å². The van der Waals surface area contributed by atoms with Crippen molar-refractivity contribution in [3.63, 3.8) is 0 Å². The number of aromatic nitrogens is 1. The molecule has 1 fully saturated rings. The van der Waals surface area contributed by atoms with Gasteiger partial charge in [-0.25, -0.2) is 4.68 Å². The zero-order valence-electron chi connectivity index (χ0n) is 15.9. The first-order valence-corrected chi connectivity index (χ1v) is 10.8. The Morgan fingerprint density at radius 2 is 1.79 bits per heavy atom. The molecule has 4 rings (SSSR count). The average molecular weight is 447 g/mol. The van der Waals surface area contributed by atoms with Crippen molar-refractivity contribution in [2.45, 2.75) is 0 Å². The highest BCUT2D eigenvalue weighted by molar-refractivity contribution is 7.07. The summed E-state index contributed by atoms with van der Waals surface area (Å²) in [6.45, 7) is 3.40. The minimum absolute atomic E-state index is 0.514. The van der Waals surface area contributed by atoms with E-state index in [0.29, 0.717) is 10.0 Å². The summed E-state index contributed by atoms with van der Waals surface area (Å²) in [4.78, 5) is 7.46. The Morgan fingerprint density at radius 1 is 1.03 bits per heavy atom. The monoisotopic (exact) mass is 446 g/mol. The van der Waals surface area contributed by atoms with Crippen molar-refractivity contribution < 1.29 is 4.74 Å². The Balaban J connectivity index is 1.61. The maximum atomic E-state index is 6.20. The smallest absolute Gasteiger partial charge is 0.205 e. The number of nitrogens with zero attached hydrogens (tertiary/aromatic N) is 4. The summed E-state index contributed by atoms with van der Waals surface area (Å²) in [7, 11) is 1.76. The molecule has 1 aliphatic heterocycles. The lowest BCUT2D eigenvalue weighted by molar-refractivity contribution is 0.122. The summed E-state index contributed by atoms with van der Waals surface area (Å²) in [5.74, 6) is 0. The van der Waals surface area contributed by atoms with Gasteiger partial charge in [0.15, 0.2) is 0 Å². The van der Waals surface area contributed by atoms with Crippen LogP contribution < -0.4 is 9.70 Å². The molecule has 0 amide bonds. The molecule has 2 heterocycles. The van der Waals surface area contributed by atoms with Crippen molar-refractivity contribution in [3.8, 4) is 11.3 Å². The first-order chi connectivity index (χ1) is 14.2. The van der Waals surface area contributed by atoms with Crippen molar-refractivity contribution in [1.82, 2.24) is 4.68 Å². The molecule has 0 atom stereocenters. The molecule has 2 aromatic carbocycles. The number of hydrogen-bond donors (Lipinski definition) is 0. The summed E-state index contributed by atoms with van der Waals surface area (Å²) in [6.07, 6.45) is 1.84. The molecule has 0 aliphatic carbocycles. The maximum Gasteiger partial charge on any atom is 0.205 e. The lowest BCUT2D eigenvalue weighted by Crippen LogP contribution is -2.36. The second-order valence-corrected chi connectivity index (χ2v) is 8.15. The van der Waals surface area contributed by atoms with E-state index in [2.05, 4.69) is 39.3 Å². The average Bonchev–Trinajstić information content (AvgIpc) is 3.18. The molecule has 1 aliphatic rings. The number of benzene rings is 2. The Kier molecular flexibility index (Phi) is 6.35. The number of morpholine rings is 1. The minimum atomic E-state index is 0.514. The van der Waals surface area contributed by atoms with Gasteiger partial charge in [0.2, 0.25) is 4.80 Å². The highest BCUT2D eigenvalue weighted by Gasteiger charge is 2.11. The van der Waals surface area contributed by atoms with Gasteiger partial charge in [0.1, 0.15) is 0 Å². The number of rotatable bonds is 4. The second kappa shape index (κ2) is 9.13. The lowest BCUT2D eigenvalue weighted by atomic mass is 10.2. The van der Waals surface area contributed by atoms with Gasteiger partial charge in [-0.05, 0) is 29.8 Å². The largest absolute Gasteiger partial charge is 0.378 e. The number of ether oxygens (including phenoxy) is 1. The molecule has 0 N–H and O–H groups in total. The zero-order valence-corrected chi connectivity index (χ0v) is 18.2. The van der Waals surface area contributed by atoms with Gasteiger partial charge < -0.3 is 9.64 Å². The van der Waals surface area contributed by atoms with Gasteiger partial charge >= 0.3 is 0 Å². The first kappa shape index (κ1) is 20.2. The van der Waals surface area contributed by atoms with Crippen LogP contribution in [-0.4, -0.2) is 44.2 Å². The van der Waals surface area contributed by atoms with Gasteiger partial charge in [0, 0.05) is 36.8 Å². The Morgan fingerprint density at radius 3 is 2.48 bits per heavy atom. The van der Waals surface area contributed by atoms with Crippen molar-refractivity contribution in [2.24, 2.45) is 10.1 Å². The lowest BCUT2D eigenvalue weighted by Gasteiger charge is -2.28. The summed E-state index contributed by atoms with van der Waals surface area (Å²) in [5.41, 5.74) is 4.07. The predicted molar refractivity (Wildman–Crippen MR) is 122 cm³/mol. The summed E-state index contributed by atoms with van der Waals surface area (Å²) < 4.78 is 7.24. The van der Waals surface area contributed by atoms with Crippen LogP contribution in [0.2, 0.25) is 10.0 Å². The molecule has 8 heteroatoms. The van der Waals surface area contributed by atoms with E-state index in [4.69, 9.17) is 27.9 Å². The van der Waals surface area contributed by atoms with E-state index in [9.17, 15) is 0 Å². The van der Waals surface area contributed by atoms with E-state index in [-0.39, 0.29) is 0 Å². The molecule has 0 saturated carbocycles. The normalized spacial score (nSPS) is 15.4. The van der Waals surface area contributed by atoms with Crippen LogP contribution in [-0.2, 0) is 4.74 Å². The molecule has 1 aromatic heterocycles. The van der Waals surface area contributed by atoms with Crippen molar-refractivity contribution in [2.75, 3.05) is 38.3 Å². The third-order valence-electron chi connectivity index (χ3n) is 4.68. The second-order valence-electron chi connectivity index (χ2n) is 6.50. The Labute approximate surface area is 183 Å². The molecule has 1 saturated heterocycles. The van der Waals surface area contributed by atoms with Crippen LogP contribution in [0.5, 0.6) is 0 Å². The summed E-state index contributed by atoms with van der Waals surface area (Å²) in [5, 5.41) is 7.73. The number of hydrogen-bond acceptors (Lipinski definition) is 5. The Bertz CT molecular complexity index is 1080. The molecule has 29 heavy (non-hydrogen) atoms. The van der Waals surface area contributed by atoms with Gasteiger partial charge in [-0.1, -0.05) is 41.4 Å². The fourth-order valence-electron chi connectivity index (χ4n) is 3.13. The third-order valence-corrected chi connectivity index (χ3v) is 6.33. The number of halogens is 2. The van der Waals surface area contributed by atoms with E-state index >= 15 is 0 Å². The van der Waals surface area contributed by atoms with Crippen LogP contribution in [0.15, 0.2) is 57.9 Å². The van der Waals surface area contributed by atoms with E-state index in [0.717, 1.165) is 47.9 Å². The summed E-state index contributed by atoms with van der Waals surface area (Å²) >= 11 is 13.8. The zero-order chi connectivity index (χ0) is 20.2. The van der Waals surface area contributed by atoms with Gasteiger partial charge in [-0.3, -0.25) is 4.99 Å². The molecule has 0 bridgehead atoms. The Hall–Kier alpha value is -2.12. The molecule has 5 nitrogen and oxygen atoms in total. The van der Waals surface area contributed by atoms with E-state index in [1.165, 1.54) is 17.0 Å². The topological polar surface area (TPSA) is 42.1 Å². The molecule has 0 spiro atoms. The fourth-order valence-corrected chi connectivity index (χ4v) is 4.24. The van der Waals surface area contributed by atoms with Crippen LogP contribution in [0, 0.1) is 0 Å². The SMILES string of the molecule is CN=c1scc(-c2ccc(Cl)c(Cl)c2)n1N=Cc1ccc(N2CCOCC2)cc1. The van der Waals surface area contributed by atoms with E-state index in [1.807, 2.05) is 28.4 Å². The standard InChI is InChI=1S/C21H20Cl2N4OS/c1-24-21-27(20(14-29-21)16-4-7-18(22)19(23)12-16)25-13-15-2-5-17(6-3-15)26-8-10-28-11-9-26/h2-7,12-14H,8-11H2,1H3. The van der Waals surface area contributed by atoms with Crippen LogP contribution in [0.25, 0.3) is 11.3 Å². The fraction of sp³-hybridized carbons (Fsp3) is 0.238. The quantitative estimate of drug-likeness (QED) is 0.541. The van der Waals surface area contributed by atoms with Crippen LogP contribution >= 0.6 is 34.5 Å². The van der Waals surface area contributed by atoms with Crippen LogP contribution in [0.1, 0.15) is 5.56 Å². The number of thiazole rings is 1.